The van der Waals surface area contributed by atoms with Crippen LogP contribution in [0.3, 0.4) is 0 Å². The highest BCUT2D eigenvalue weighted by Crippen LogP contribution is 2.12. The van der Waals surface area contributed by atoms with Gasteiger partial charge in [0.2, 0.25) is 0 Å². The second-order valence-corrected chi connectivity index (χ2v) is 3.77. The van der Waals surface area contributed by atoms with E-state index in [1.54, 1.807) is 0 Å². The van der Waals surface area contributed by atoms with Crippen molar-refractivity contribution in [3.63, 3.8) is 0 Å². The van der Waals surface area contributed by atoms with E-state index >= 15 is 0 Å². The summed E-state index contributed by atoms with van der Waals surface area (Å²) >= 11 is 0. The molecule has 2 nitrogen and oxygen atoms in total. The van der Waals surface area contributed by atoms with Gasteiger partial charge in [0.1, 0.15) is 0 Å². The average Bonchev–Trinajstić information content (AvgIpc) is 2.33. The number of aromatic nitrogens is 1. The molecule has 1 unspecified atom stereocenters. The molecule has 1 aromatic heterocycles. The normalized spacial score (nSPS) is 13.8. The maximum absolute atomic E-state index is 5.81. The maximum Gasteiger partial charge on any atom is 0.0421 e. The minimum atomic E-state index is 0.138. The maximum atomic E-state index is 5.81. The minimum Gasteiger partial charge on any atom is -0.350 e. The second kappa shape index (κ2) is 3.76. The Balaban J connectivity index is 2.77. The van der Waals surface area contributed by atoms with Crippen LogP contribution >= 0.6 is 0 Å². The molecule has 1 heterocycles. The average molecular weight is 166 g/mol. The molecule has 0 amide bonds. The van der Waals surface area contributed by atoms with Gasteiger partial charge in [0, 0.05) is 24.5 Å². The van der Waals surface area contributed by atoms with Crippen LogP contribution in [0.1, 0.15) is 32.5 Å². The Morgan fingerprint density at radius 3 is 2.58 bits per heavy atom. The van der Waals surface area contributed by atoms with Crippen molar-refractivity contribution in [1.29, 1.82) is 0 Å². The first-order valence-electron chi connectivity index (χ1n) is 4.52. The van der Waals surface area contributed by atoms with E-state index in [2.05, 4.69) is 36.7 Å². The molecule has 0 radical (unpaired) electrons. The van der Waals surface area contributed by atoms with Gasteiger partial charge in [-0.25, -0.2) is 0 Å². The molecule has 1 atom stereocenters. The molecule has 0 aliphatic carbocycles. The van der Waals surface area contributed by atoms with Gasteiger partial charge >= 0.3 is 0 Å². The molecule has 0 aliphatic rings. The van der Waals surface area contributed by atoms with Gasteiger partial charge in [-0.1, -0.05) is 13.8 Å². The first-order chi connectivity index (χ1) is 5.61. The molecule has 68 valence electrons. The van der Waals surface area contributed by atoms with Crippen molar-refractivity contribution in [2.45, 2.75) is 33.4 Å². The summed E-state index contributed by atoms with van der Waals surface area (Å²) in [5.74, 6) is 0.676. The summed E-state index contributed by atoms with van der Waals surface area (Å²) in [5, 5.41) is 0. The van der Waals surface area contributed by atoms with E-state index in [-0.39, 0.29) is 6.04 Å². The van der Waals surface area contributed by atoms with Crippen LogP contribution in [0.15, 0.2) is 18.3 Å². The molecule has 0 aliphatic heterocycles. The fourth-order valence-corrected chi connectivity index (χ4v) is 1.40. The summed E-state index contributed by atoms with van der Waals surface area (Å²) in [6.45, 7) is 7.51. The van der Waals surface area contributed by atoms with E-state index in [9.17, 15) is 0 Å². The lowest BCUT2D eigenvalue weighted by atomic mass is 10.2. The first kappa shape index (κ1) is 9.33. The topological polar surface area (TPSA) is 30.9 Å². The van der Waals surface area contributed by atoms with E-state index in [1.165, 1.54) is 5.69 Å². The zero-order valence-corrected chi connectivity index (χ0v) is 8.12. The molecule has 1 rings (SSSR count). The van der Waals surface area contributed by atoms with Gasteiger partial charge in [-0.2, -0.15) is 0 Å². The Morgan fingerprint density at radius 2 is 2.08 bits per heavy atom. The standard InChI is InChI=1S/C10H18N2/c1-8(2)7-12-6-4-5-10(12)9(3)11/h4-6,8-9H,7,11H2,1-3H3. The third kappa shape index (κ3) is 2.11. The van der Waals surface area contributed by atoms with Crippen LogP contribution in [-0.2, 0) is 6.54 Å². The van der Waals surface area contributed by atoms with Crippen molar-refractivity contribution in [2.24, 2.45) is 11.7 Å². The molecule has 0 saturated heterocycles. The van der Waals surface area contributed by atoms with E-state index in [0.29, 0.717) is 5.92 Å². The summed E-state index contributed by atoms with van der Waals surface area (Å²) in [6, 6.07) is 4.28. The predicted molar refractivity (Wildman–Crippen MR) is 51.9 cm³/mol. The Kier molecular flexibility index (Phi) is 2.93. The van der Waals surface area contributed by atoms with Crippen LogP contribution in [0, 0.1) is 5.92 Å². The van der Waals surface area contributed by atoms with Crippen LogP contribution < -0.4 is 5.73 Å². The summed E-state index contributed by atoms with van der Waals surface area (Å²) in [7, 11) is 0. The van der Waals surface area contributed by atoms with Crippen molar-refractivity contribution in [1.82, 2.24) is 4.57 Å². The molecule has 2 heteroatoms. The molecular weight excluding hydrogens is 148 g/mol. The Morgan fingerprint density at radius 1 is 1.42 bits per heavy atom. The number of rotatable bonds is 3. The Labute approximate surface area is 74.4 Å². The molecule has 0 aromatic carbocycles. The number of hydrogen-bond acceptors (Lipinski definition) is 1. The summed E-state index contributed by atoms with van der Waals surface area (Å²) in [4.78, 5) is 0. The molecule has 0 spiro atoms. The SMILES string of the molecule is CC(C)Cn1cccc1C(C)N. The molecule has 0 fully saturated rings. The monoisotopic (exact) mass is 166 g/mol. The minimum absolute atomic E-state index is 0.138. The van der Waals surface area contributed by atoms with Crippen LogP contribution in [-0.4, -0.2) is 4.57 Å². The van der Waals surface area contributed by atoms with Crippen LogP contribution in [0.2, 0.25) is 0 Å². The summed E-state index contributed by atoms with van der Waals surface area (Å²) in [6.07, 6.45) is 2.10. The summed E-state index contributed by atoms with van der Waals surface area (Å²) in [5.41, 5.74) is 7.04. The van der Waals surface area contributed by atoms with Gasteiger partial charge in [-0.05, 0) is 25.0 Å². The van der Waals surface area contributed by atoms with E-state index in [1.807, 2.05) is 6.92 Å². The quantitative estimate of drug-likeness (QED) is 0.733. The highest BCUT2D eigenvalue weighted by Gasteiger charge is 2.05. The van der Waals surface area contributed by atoms with Crippen molar-refractivity contribution >= 4 is 0 Å². The van der Waals surface area contributed by atoms with Crippen molar-refractivity contribution in [3.8, 4) is 0 Å². The fraction of sp³-hybridized carbons (Fsp3) is 0.600. The number of hydrogen-bond donors (Lipinski definition) is 1. The second-order valence-electron chi connectivity index (χ2n) is 3.77. The van der Waals surface area contributed by atoms with E-state index < -0.39 is 0 Å². The van der Waals surface area contributed by atoms with Crippen molar-refractivity contribution in [2.75, 3.05) is 0 Å². The van der Waals surface area contributed by atoms with Crippen molar-refractivity contribution in [3.05, 3.63) is 24.0 Å². The fourth-order valence-electron chi connectivity index (χ4n) is 1.40. The van der Waals surface area contributed by atoms with Crippen molar-refractivity contribution < 1.29 is 0 Å². The number of nitrogens with zero attached hydrogens (tertiary/aromatic N) is 1. The van der Waals surface area contributed by atoms with Crippen LogP contribution in [0.5, 0.6) is 0 Å². The zero-order chi connectivity index (χ0) is 9.14. The molecule has 1 aromatic rings. The third-order valence-corrected chi connectivity index (χ3v) is 1.89. The van der Waals surface area contributed by atoms with Gasteiger partial charge in [0.25, 0.3) is 0 Å². The van der Waals surface area contributed by atoms with Gasteiger partial charge in [-0.15, -0.1) is 0 Å². The van der Waals surface area contributed by atoms with Gasteiger partial charge in [0.15, 0.2) is 0 Å². The predicted octanol–water partition coefficient (Wildman–Crippen LogP) is 2.16. The summed E-state index contributed by atoms with van der Waals surface area (Å²) < 4.78 is 2.23. The number of nitrogens with two attached hydrogens (primary N) is 1. The first-order valence-corrected chi connectivity index (χ1v) is 4.52. The molecule has 0 bridgehead atoms. The lowest BCUT2D eigenvalue weighted by Crippen LogP contribution is -2.13. The Hall–Kier alpha value is -0.760. The highest BCUT2D eigenvalue weighted by molar-refractivity contribution is 5.10. The third-order valence-electron chi connectivity index (χ3n) is 1.89. The molecular formula is C10H18N2. The van der Waals surface area contributed by atoms with Crippen LogP contribution in [0.4, 0.5) is 0 Å². The smallest absolute Gasteiger partial charge is 0.0421 e. The molecule has 2 N–H and O–H groups in total. The lowest BCUT2D eigenvalue weighted by Gasteiger charge is -2.13. The van der Waals surface area contributed by atoms with Crippen LogP contribution in [0.25, 0.3) is 0 Å². The largest absolute Gasteiger partial charge is 0.350 e. The van der Waals surface area contributed by atoms with E-state index in [0.717, 1.165) is 6.54 Å². The molecule has 12 heavy (non-hydrogen) atoms. The zero-order valence-electron chi connectivity index (χ0n) is 8.12. The van der Waals surface area contributed by atoms with Gasteiger partial charge in [-0.3, -0.25) is 0 Å². The highest BCUT2D eigenvalue weighted by atomic mass is 15.0. The lowest BCUT2D eigenvalue weighted by molar-refractivity contribution is 0.501. The Bertz CT molecular complexity index is 236. The van der Waals surface area contributed by atoms with Gasteiger partial charge in [0.05, 0.1) is 0 Å². The van der Waals surface area contributed by atoms with Gasteiger partial charge < -0.3 is 10.3 Å². The molecule has 0 saturated carbocycles. The van der Waals surface area contributed by atoms with E-state index in [4.69, 9.17) is 5.73 Å².